The monoisotopic (exact) mass is 654 g/mol. The van der Waals surface area contributed by atoms with Crippen LogP contribution in [-0.2, 0) is 37.0 Å². The van der Waals surface area contributed by atoms with Gasteiger partial charge in [-0.3, -0.25) is 0 Å². The predicted octanol–water partition coefficient (Wildman–Crippen LogP) is 4.90. The maximum Gasteiger partial charge on any atom is 2.00 e. The molecule has 1 atom stereocenters. The minimum absolute atomic E-state index is 0. The molecule has 0 aliphatic heterocycles. The molecule has 5 rings (SSSR count). The van der Waals surface area contributed by atoms with E-state index < -0.39 is 0 Å². The van der Waals surface area contributed by atoms with Crippen LogP contribution in [0, 0.1) is 16.2 Å². The van der Waals surface area contributed by atoms with Gasteiger partial charge in [0, 0.05) is 11.3 Å². The smallest absolute Gasteiger partial charge is 1.00 e. The van der Waals surface area contributed by atoms with Gasteiger partial charge in [0.25, 0.3) is 0 Å². The number of hydrogen-bond acceptors (Lipinski definition) is 0. The molecule has 0 amide bonds. The van der Waals surface area contributed by atoms with Gasteiger partial charge in [-0.2, -0.15) is 0 Å². The summed E-state index contributed by atoms with van der Waals surface area (Å²) >= 11 is 0. The second kappa shape index (κ2) is 11.1. The summed E-state index contributed by atoms with van der Waals surface area (Å²) in [5.41, 5.74) is 14.7. The number of rotatable bonds is 1. The van der Waals surface area contributed by atoms with E-state index in [-0.39, 0.29) is 78.1 Å². The van der Waals surface area contributed by atoms with Gasteiger partial charge in [-0.1, -0.05) is 137 Å². The van der Waals surface area contributed by atoms with Crippen molar-refractivity contribution in [3.63, 3.8) is 0 Å². The summed E-state index contributed by atoms with van der Waals surface area (Å²) in [5.74, 6) is 0.380. The summed E-state index contributed by atoms with van der Waals surface area (Å²) in [6, 6.07) is 14.8. The van der Waals surface area contributed by atoms with Crippen LogP contribution in [0.5, 0.6) is 0 Å². The van der Waals surface area contributed by atoms with Crippen molar-refractivity contribution in [2.24, 2.45) is 16.2 Å². The van der Waals surface area contributed by atoms with Crippen molar-refractivity contribution in [2.45, 2.75) is 119 Å². The van der Waals surface area contributed by atoms with Crippen molar-refractivity contribution < 1.29 is 51.0 Å². The summed E-state index contributed by atoms with van der Waals surface area (Å²) in [7, 11) is 0. The quantitative estimate of drug-likeness (QED) is 0.410. The fraction of sp³-hybridized carbons (Fsp3) is 0.568. The van der Waals surface area contributed by atoms with E-state index in [2.05, 4.69) is 126 Å². The normalized spacial score (nSPS) is 20.6. The Labute approximate surface area is 277 Å². The molecule has 0 N–H and O–H groups in total. The van der Waals surface area contributed by atoms with Crippen LogP contribution in [-0.4, -0.2) is 0 Å². The Morgan fingerprint density at radius 2 is 1.10 bits per heavy atom. The summed E-state index contributed by atoms with van der Waals surface area (Å²) in [6.07, 6.45) is 6.32. The molecule has 40 heavy (non-hydrogen) atoms. The Morgan fingerprint density at radius 1 is 0.650 bits per heavy atom. The molecular formula is C37H50Cl2Zr. The molecule has 2 aromatic rings. The average Bonchev–Trinajstić information content (AvgIpc) is 3.41. The molecule has 0 fully saturated rings. The van der Waals surface area contributed by atoms with Crippen LogP contribution in [0.15, 0.2) is 59.2 Å². The summed E-state index contributed by atoms with van der Waals surface area (Å²) in [4.78, 5) is 0. The Hall–Kier alpha value is -0.617. The number of hydrogen-bond donors (Lipinski definition) is 0. The van der Waals surface area contributed by atoms with Crippen LogP contribution in [0.25, 0.3) is 11.1 Å². The van der Waals surface area contributed by atoms with E-state index in [1.807, 2.05) is 0 Å². The minimum Gasteiger partial charge on any atom is -1.00 e. The molecular weight excluding hydrogens is 607 g/mol. The van der Waals surface area contributed by atoms with Gasteiger partial charge >= 0.3 is 26.2 Å². The van der Waals surface area contributed by atoms with Crippen molar-refractivity contribution in [3.8, 4) is 11.1 Å². The largest absolute Gasteiger partial charge is 2.00 e. The van der Waals surface area contributed by atoms with E-state index in [0.29, 0.717) is 5.92 Å². The first-order valence-corrected chi connectivity index (χ1v) is 14.6. The Balaban J connectivity index is 0.00000187. The van der Waals surface area contributed by atoms with Crippen LogP contribution in [0.4, 0.5) is 0 Å². The second-order valence-electron chi connectivity index (χ2n) is 16.4. The number of allylic oxidation sites excluding steroid dienone is 4. The van der Waals surface area contributed by atoms with E-state index in [4.69, 9.17) is 0 Å². The summed E-state index contributed by atoms with van der Waals surface area (Å²) < 4.78 is 0. The Bertz CT molecular complexity index is 1270. The van der Waals surface area contributed by atoms with Gasteiger partial charge < -0.3 is 24.8 Å². The van der Waals surface area contributed by atoms with Gasteiger partial charge in [-0.15, -0.1) is 0 Å². The van der Waals surface area contributed by atoms with E-state index in [9.17, 15) is 0 Å². The molecule has 3 aliphatic rings. The molecule has 1 unspecified atom stereocenters. The van der Waals surface area contributed by atoms with Crippen molar-refractivity contribution >= 4 is 0 Å². The first-order valence-electron chi connectivity index (χ1n) is 14.6. The maximum absolute atomic E-state index is 2.66. The van der Waals surface area contributed by atoms with Crippen LogP contribution < -0.4 is 24.8 Å². The van der Waals surface area contributed by atoms with E-state index in [0.717, 1.165) is 0 Å². The third-order valence-corrected chi connectivity index (χ3v) is 9.95. The molecule has 0 heterocycles. The van der Waals surface area contributed by atoms with Crippen LogP contribution in [0.1, 0.15) is 131 Å². The zero-order chi connectivity index (χ0) is 27.3. The summed E-state index contributed by atoms with van der Waals surface area (Å²) in [6.45, 7) is 28.9. The fourth-order valence-electron chi connectivity index (χ4n) is 7.52. The first-order chi connectivity index (χ1) is 16.9. The van der Waals surface area contributed by atoms with E-state index in [1.54, 1.807) is 27.8 Å². The maximum atomic E-state index is 2.66. The average molecular weight is 657 g/mol. The zero-order valence-electron chi connectivity index (χ0n) is 27.0. The second-order valence-corrected chi connectivity index (χ2v) is 16.4. The van der Waals surface area contributed by atoms with Gasteiger partial charge in [0.1, 0.15) is 0 Å². The van der Waals surface area contributed by atoms with Crippen LogP contribution in [0.3, 0.4) is 0 Å². The number of halogens is 2. The van der Waals surface area contributed by atoms with Crippen LogP contribution >= 0.6 is 0 Å². The third-order valence-electron chi connectivity index (χ3n) is 9.95. The molecule has 0 nitrogen and oxygen atoms in total. The van der Waals surface area contributed by atoms with Gasteiger partial charge in [0.2, 0.25) is 0 Å². The van der Waals surface area contributed by atoms with Gasteiger partial charge in [0.05, 0.1) is 0 Å². The molecule has 0 saturated carbocycles. The van der Waals surface area contributed by atoms with Crippen molar-refractivity contribution in [1.82, 2.24) is 0 Å². The molecule has 3 heteroatoms. The van der Waals surface area contributed by atoms with E-state index >= 15 is 0 Å². The molecule has 0 saturated heterocycles. The molecule has 0 spiro atoms. The van der Waals surface area contributed by atoms with E-state index in [1.165, 1.54) is 41.5 Å². The topological polar surface area (TPSA) is 0 Å². The SMILES string of the molecule is CC(C)(C)C1=CC2=C(CCC2(C2c3cc(C(C)(C)C)ccc3-c3ccc(C(C)(C)C)cc32)C(C)(C)C)C1.[Cl-].[Cl-].[Zr+2]. The Kier molecular flexibility index (Phi) is 9.91. The van der Waals surface area contributed by atoms with Gasteiger partial charge in [0.15, 0.2) is 0 Å². The third kappa shape index (κ3) is 5.56. The molecule has 0 aromatic heterocycles. The zero-order valence-corrected chi connectivity index (χ0v) is 31.0. The van der Waals surface area contributed by atoms with Gasteiger partial charge in [-0.05, 0) is 79.9 Å². The molecule has 0 bridgehead atoms. The van der Waals surface area contributed by atoms with Crippen molar-refractivity contribution in [2.75, 3.05) is 0 Å². The first kappa shape index (κ1) is 35.6. The van der Waals surface area contributed by atoms with Crippen molar-refractivity contribution in [3.05, 3.63) is 81.4 Å². The molecule has 3 aliphatic carbocycles. The predicted molar refractivity (Wildman–Crippen MR) is 161 cm³/mol. The number of fused-ring (bicyclic) bond motifs is 3. The van der Waals surface area contributed by atoms with Gasteiger partial charge in [-0.25, -0.2) is 0 Å². The molecule has 0 radical (unpaired) electrons. The standard InChI is InChI=1S/C37H50.2ClH.Zr/c1-33(2,3)24-13-15-27-28-16-14-25(34(4,5)6)21-30(28)32(29(27)20-24)37(36(10,11)12)18-17-23-19-26(22-31(23)37)35(7,8)9;;;/h13-16,20-22,32H,17-19H2,1-12H3;2*1H;/q;;;+2/p-2. The number of benzene rings is 2. The molecule has 2 aromatic carbocycles. The van der Waals surface area contributed by atoms with Crippen LogP contribution in [0.2, 0.25) is 0 Å². The van der Waals surface area contributed by atoms with Crippen molar-refractivity contribution in [1.29, 1.82) is 0 Å². The molecule has 216 valence electrons. The fourth-order valence-corrected chi connectivity index (χ4v) is 7.52. The minimum atomic E-state index is 0. The Morgan fingerprint density at radius 3 is 1.48 bits per heavy atom. The summed E-state index contributed by atoms with van der Waals surface area (Å²) in [5, 5.41) is 0.